The zero-order valence-electron chi connectivity index (χ0n) is 13.1. The lowest BCUT2D eigenvalue weighted by atomic mass is 10.0. The second-order valence-electron chi connectivity index (χ2n) is 5.63. The summed E-state index contributed by atoms with van der Waals surface area (Å²) in [6.07, 6.45) is 0. The molecular formula is C18H16N2O3. The van der Waals surface area contributed by atoms with Crippen molar-refractivity contribution >= 4 is 23.4 Å². The fourth-order valence-corrected chi connectivity index (χ4v) is 2.63. The van der Waals surface area contributed by atoms with Gasteiger partial charge in [0.2, 0.25) is 0 Å². The lowest BCUT2D eigenvalue weighted by Crippen LogP contribution is -2.24. The number of hydrogen-bond donors (Lipinski definition) is 1. The molecule has 1 N–H and O–H groups in total. The Kier molecular flexibility index (Phi) is 3.48. The minimum absolute atomic E-state index is 0.240. The number of rotatable bonds is 2. The third-order valence-corrected chi connectivity index (χ3v) is 4.20. The van der Waals surface area contributed by atoms with Gasteiger partial charge >= 0.3 is 0 Å². The molecule has 0 spiro atoms. The maximum Gasteiger partial charge on any atom is 0.261 e. The van der Waals surface area contributed by atoms with Crippen molar-refractivity contribution in [1.29, 1.82) is 0 Å². The quantitative estimate of drug-likeness (QED) is 0.868. The van der Waals surface area contributed by atoms with Crippen molar-refractivity contribution in [2.45, 2.75) is 13.8 Å². The first-order chi connectivity index (χ1) is 10.9. The summed E-state index contributed by atoms with van der Waals surface area (Å²) >= 11 is 0. The Morgan fingerprint density at radius 2 is 1.70 bits per heavy atom. The summed E-state index contributed by atoms with van der Waals surface area (Å²) in [5.41, 5.74) is 3.71. The van der Waals surface area contributed by atoms with Gasteiger partial charge in [0.05, 0.1) is 11.1 Å². The summed E-state index contributed by atoms with van der Waals surface area (Å²) < 4.78 is 0. The number of carbonyl (C=O) groups excluding carboxylic acids is 3. The summed E-state index contributed by atoms with van der Waals surface area (Å²) in [6.45, 7) is 3.84. The van der Waals surface area contributed by atoms with Crippen LogP contribution in [0.1, 0.15) is 42.2 Å². The number of hydrogen-bond acceptors (Lipinski definition) is 3. The number of fused-ring (bicyclic) bond motifs is 1. The second kappa shape index (κ2) is 5.35. The molecule has 23 heavy (non-hydrogen) atoms. The van der Waals surface area contributed by atoms with E-state index in [1.54, 1.807) is 24.3 Å². The van der Waals surface area contributed by atoms with Crippen molar-refractivity contribution < 1.29 is 14.4 Å². The van der Waals surface area contributed by atoms with Gasteiger partial charge in [-0.25, -0.2) is 0 Å². The normalized spacial score (nSPS) is 13.3. The van der Waals surface area contributed by atoms with Crippen LogP contribution in [0.15, 0.2) is 36.4 Å². The molecule has 5 heteroatoms. The van der Waals surface area contributed by atoms with Crippen molar-refractivity contribution in [2.75, 3.05) is 12.4 Å². The van der Waals surface area contributed by atoms with Gasteiger partial charge in [0.15, 0.2) is 0 Å². The Morgan fingerprint density at radius 3 is 2.43 bits per heavy atom. The number of nitrogens with zero attached hydrogens (tertiary/aromatic N) is 1. The van der Waals surface area contributed by atoms with Gasteiger partial charge in [0.1, 0.15) is 0 Å². The zero-order chi connectivity index (χ0) is 16.7. The molecular weight excluding hydrogens is 292 g/mol. The Labute approximate surface area is 133 Å². The molecule has 116 valence electrons. The molecule has 1 aliphatic rings. The average molecular weight is 308 g/mol. The fourth-order valence-electron chi connectivity index (χ4n) is 2.63. The first-order valence-electron chi connectivity index (χ1n) is 7.24. The minimum Gasteiger partial charge on any atom is -0.322 e. The van der Waals surface area contributed by atoms with Gasteiger partial charge in [-0.3, -0.25) is 19.3 Å². The predicted octanol–water partition coefficient (Wildman–Crippen LogP) is 2.78. The molecule has 3 amide bonds. The molecule has 0 saturated heterocycles. The Hall–Kier alpha value is -2.95. The van der Waals surface area contributed by atoms with Gasteiger partial charge in [-0.05, 0) is 49.2 Å². The number of aryl methyl sites for hydroxylation is 1. The van der Waals surface area contributed by atoms with Gasteiger partial charge in [0.25, 0.3) is 17.7 Å². The topological polar surface area (TPSA) is 66.5 Å². The first-order valence-corrected chi connectivity index (χ1v) is 7.24. The summed E-state index contributed by atoms with van der Waals surface area (Å²) in [7, 11) is 1.44. The van der Waals surface area contributed by atoms with Crippen molar-refractivity contribution in [1.82, 2.24) is 4.90 Å². The molecule has 1 aliphatic heterocycles. The molecule has 5 nitrogen and oxygen atoms in total. The van der Waals surface area contributed by atoms with Crippen LogP contribution in [0.5, 0.6) is 0 Å². The number of amides is 3. The van der Waals surface area contributed by atoms with Gasteiger partial charge in [-0.1, -0.05) is 12.1 Å². The molecule has 3 rings (SSSR count). The second-order valence-corrected chi connectivity index (χ2v) is 5.63. The number of nitrogens with one attached hydrogen (secondary N) is 1. The Morgan fingerprint density at radius 1 is 1.00 bits per heavy atom. The van der Waals surface area contributed by atoms with Crippen LogP contribution in [0, 0.1) is 13.8 Å². The highest BCUT2D eigenvalue weighted by molar-refractivity contribution is 6.21. The summed E-state index contributed by atoms with van der Waals surface area (Å²) in [5, 5.41) is 2.79. The average Bonchev–Trinajstić information content (AvgIpc) is 2.74. The highest BCUT2D eigenvalue weighted by Crippen LogP contribution is 2.25. The lowest BCUT2D eigenvalue weighted by molar-refractivity contribution is 0.0692. The molecule has 0 radical (unpaired) electrons. The summed E-state index contributed by atoms with van der Waals surface area (Å²) in [6, 6.07) is 10.3. The van der Waals surface area contributed by atoms with Gasteiger partial charge in [-0.15, -0.1) is 0 Å². The SMILES string of the molecule is Cc1cccc(C(=O)Nc2ccc3c(c2)C(=O)N(C)C3=O)c1C. The van der Waals surface area contributed by atoms with Gasteiger partial charge in [0, 0.05) is 18.3 Å². The van der Waals surface area contributed by atoms with Crippen LogP contribution in [0.3, 0.4) is 0 Å². The largest absolute Gasteiger partial charge is 0.322 e. The van der Waals surface area contributed by atoms with E-state index in [9.17, 15) is 14.4 Å². The van der Waals surface area contributed by atoms with E-state index in [2.05, 4.69) is 5.32 Å². The maximum atomic E-state index is 12.4. The van der Waals surface area contributed by atoms with Crippen LogP contribution in [0.4, 0.5) is 5.69 Å². The van der Waals surface area contributed by atoms with Crippen molar-refractivity contribution in [3.63, 3.8) is 0 Å². The van der Waals surface area contributed by atoms with E-state index in [-0.39, 0.29) is 17.7 Å². The third-order valence-electron chi connectivity index (χ3n) is 4.20. The summed E-state index contributed by atoms with van der Waals surface area (Å²) in [4.78, 5) is 37.4. The smallest absolute Gasteiger partial charge is 0.261 e. The number of anilines is 1. The van der Waals surface area contributed by atoms with E-state index in [1.165, 1.54) is 7.05 Å². The van der Waals surface area contributed by atoms with E-state index in [4.69, 9.17) is 0 Å². The molecule has 2 aromatic carbocycles. The molecule has 1 heterocycles. The van der Waals surface area contributed by atoms with Crippen molar-refractivity contribution in [3.05, 3.63) is 64.2 Å². The number of carbonyl (C=O) groups is 3. The molecule has 0 aliphatic carbocycles. The first kappa shape index (κ1) is 15.0. The number of benzene rings is 2. The van der Waals surface area contributed by atoms with Crippen LogP contribution >= 0.6 is 0 Å². The molecule has 0 fully saturated rings. The van der Waals surface area contributed by atoms with Crippen LogP contribution in [0.25, 0.3) is 0 Å². The monoisotopic (exact) mass is 308 g/mol. The summed E-state index contributed by atoms with van der Waals surface area (Å²) in [5.74, 6) is -0.915. The lowest BCUT2D eigenvalue weighted by Gasteiger charge is -2.10. The van der Waals surface area contributed by atoms with Crippen LogP contribution in [-0.4, -0.2) is 29.7 Å². The molecule has 0 aromatic heterocycles. The molecule has 0 unspecified atom stereocenters. The van der Waals surface area contributed by atoms with E-state index < -0.39 is 0 Å². The highest BCUT2D eigenvalue weighted by atomic mass is 16.2. The molecule has 0 atom stereocenters. The van der Waals surface area contributed by atoms with E-state index in [1.807, 2.05) is 26.0 Å². The van der Waals surface area contributed by atoms with Gasteiger partial charge < -0.3 is 5.32 Å². The van der Waals surface area contributed by atoms with E-state index >= 15 is 0 Å². The molecule has 0 saturated carbocycles. The minimum atomic E-state index is -0.354. The predicted molar refractivity (Wildman–Crippen MR) is 86.7 cm³/mol. The molecule has 0 bridgehead atoms. The van der Waals surface area contributed by atoms with Crippen molar-refractivity contribution in [3.8, 4) is 0 Å². The Balaban J connectivity index is 1.90. The zero-order valence-corrected chi connectivity index (χ0v) is 13.1. The van der Waals surface area contributed by atoms with E-state index in [0.717, 1.165) is 16.0 Å². The fraction of sp³-hybridized carbons (Fsp3) is 0.167. The van der Waals surface area contributed by atoms with Gasteiger partial charge in [-0.2, -0.15) is 0 Å². The number of imide groups is 1. The molecule has 2 aromatic rings. The van der Waals surface area contributed by atoms with Crippen LogP contribution in [-0.2, 0) is 0 Å². The van der Waals surface area contributed by atoms with Crippen LogP contribution < -0.4 is 5.32 Å². The van der Waals surface area contributed by atoms with Crippen LogP contribution in [0.2, 0.25) is 0 Å². The standard InChI is InChI=1S/C18H16N2O3/c1-10-5-4-6-13(11(10)2)16(21)19-12-7-8-14-15(9-12)18(23)20(3)17(14)22/h4-9H,1-3H3,(H,19,21). The van der Waals surface area contributed by atoms with Crippen molar-refractivity contribution in [2.24, 2.45) is 0 Å². The highest BCUT2D eigenvalue weighted by Gasteiger charge is 2.32. The third kappa shape index (κ3) is 2.40. The Bertz CT molecular complexity index is 855. The van der Waals surface area contributed by atoms with E-state index in [0.29, 0.717) is 22.4 Å². The maximum absolute atomic E-state index is 12.4.